The van der Waals surface area contributed by atoms with Gasteiger partial charge in [0.15, 0.2) is 0 Å². The van der Waals surface area contributed by atoms with Gasteiger partial charge in [-0.3, -0.25) is 4.79 Å². The summed E-state index contributed by atoms with van der Waals surface area (Å²) >= 11 is 0. The molecule has 3 atom stereocenters. The van der Waals surface area contributed by atoms with E-state index in [4.69, 9.17) is 4.84 Å². The van der Waals surface area contributed by atoms with E-state index < -0.39 is 17.8 Å². The normalized spacial score (nSPS) is 26.4. The lowest BCUT2D eigenvalue weighted by atomic mass is 9.74. The summed E-state index contributed by atoms with van der Waals surface area (Å²) in [5, 5.41) is 11.2. The second-order valence-corrected chi connectivity index (χ2v) is 7.81. The maximum absolute atomic E-state index is 13.2. The van der Waals surface area contributed by atoms with Crippen LogP contribution in [0.2, 0.25) is 0 Å². The van der Waals surface area contributed by atoms with Gasteiger partial charge in [-0.2, -0.15) is 0 Å². The van der Waals surface area contributed by atoms with Gasteiger partial charge in [0.05, 0.1) is 12.0 Å². The Morgan fingerprint density at radius 2 is 1.59 bits per heavy atom. The van der Waals surface area contributed by atoms with Crippen molar-refractivity contribution < 1.29 is 19.5 Å². The standard InChI is InChI=1S/C22H21NO4/c24-21(25)18-11-13-9-10-19(18)23(12-13)27-22(26)20-16-7-3-1-5-14(16)15-6-2-4-8-17(15)20/h1-8,13,18-20H,9-12H2,(H,24,25). The van der Waals surface area contributed by atoms with E-state index in [0.717, 1.165) is 35.1 Å². The lowest BCUT2D eigenvalue weighted by Crippen LogP contribution is -2.55. The Balaban J connectivity index is 1.44. The highest BCUT2D eigenvalue weighted by Gasteiger charge is 2.47. The number of hydrogen-bond acceptors (Lipinski definition) is 4. The van der Waals surface area contributed by atoms with E-state index in [1.165, 1.54) is 0 Å². The van der Waals surface area contributed by atoms with Crippen molar-refractivity contribution in [1.82, 2.24) is 5.06 Å². The van der Waals surface area contributed by atoms with Crippen LogP contribution in [0.4, 0.5) is 0 Å². The summed E-state index contributed by atoms with van der Waals surface area (Å²) in [4.78, 5) is 30.6. The van der Waals surface area contributed by atoms with Crippen LogP contribution in [0.15, 0.2) is 48.5 Å². The predicted molar refractivity (Wildman–Crippen MR) is 98.8 cm³/mol. The van der Waals surface area contributed by atoms with E-state index in [9.17, 15) is 14.7 Å². The Kier molecular flexibility index (Phi) is 3.79. The molecule has 0 aromatic heterocycles. The molecular formula is C22H21NO4. The number of benzene rings is 2. The molecule has 3 unspecified atom stereocenters. The molecule has 1 N–H and O–H groups in total. The van der Waals surface area contributed by atoms with E-state index in [-0.39, 0.29) is 17.9 Å². The number of carbonyl (C=O) groups is 2. The van der Waals surface area contributed by atoms with Crippen molar-refractivity contribution >= 4 is 11.9 Å². The molecule has 3 fully saturated rings. The van der Waals surface area contributed by atoms with Crippen LogP contribution in [-0.4, -0.2) is 34.7 Å². The molecule has 2 bridgehead atoms. The number of aliphatic carboxylic acids is 1. The smallest absolute Gasteiger partial charge is 0.336 e. The minimum absolute atomic E-state index is 0.219. The molecule has 0 radical (unpaired) electrons. The summed E-state index contributed by atoms with van der Waals surface area (Å²) in [5.41, 5.74) is 4.05. The quantitative estimate of drug-likeness (QED) is 0.905. The zero-order chi connectivity index (χ0) is 18.5. The van der Waals surface area contributed by atoms with Crippen LogP contribution in [0.1, 0.15) is 36.3 Å². The van der Waals surface area contributed by atoms with Crippen LogP contribution >= 0.6 is 0 Å². The van der Waals surface area contributed by atoms with Gasteiger partial charge < -0.3 is 9.94 Å². The van der Waals surface area contributed by atoms with Gasteiger partial charge in [0.1, 0.15) is 5.92 Å². The van der Waals surface area contributed by atoms with Crippen LogP contribution in [0.3, 0.4) is 0 Å². The van der Waals surface area contributed by atoms with Crippen molar-refractivity contribution in [3.05, 3.63) is 59.7 Å². The predicted octanol–water partition coefficient (Wildman–Crippen LogP) is 3.44. The van der Waals surface area contributed by atoms with E-state index in [1.807, 2.05) is 48.5 Å². The van der Waals surface area contributed by atoms with E-state index in [0.29, 0.717) is 13.0 Å². The molecule has 5 heteroatoms. The maximum atomic E-state index is 13.2. The molecule has 138 valence electrons. The molecule has 2 aromatic carbocycles. The zero-order valence-corrected chi connectivity index (χ0v) is 14.9. The van der Waals surface area contributed by atoms with Crippen LogP contribution in [-0.2, 0) is 14.4 Å². The van der Waals surface area contributed by atoms with Crippen LogP contribution < -0.4 is 0 Å². The van der Waals surface area contributed by atoms with Gasteiger partial charge in [0, 0.05) is 6.54 Å². The number of rotatable bonds is 3. The molecular weight excluding hydrogens is 342 g/mol. The van der Waals surface area contributed by atoms with Gasteiger partial charge in [-0.05, 0) is 47.4 Å². The number of carbonyl (C=O) groups excluding carboxylic acids is 1. The largest absolute Gasteiger partial charge is 0.481 e. The Hall–Kier alpha value is -2.66. The van der Waals surface area contributed by atoms with Gasteiger partial charge in [-0.15, -0.1) is 5.06 Å². The number of hydroxylamine groups is 2. The number of piperidine rings is 2. The first-order valence-electron chi connectivity index (χ1n) is 9.53. The van der Waals surface area contributed by atoms with Crippen molar-refractivity contribution in [2.24, 2.45) is 11.8 Å². The van der Waals surface area contributed by atoms with Gasteiger partial charge >= 0.3 is 11.9 Å². The highest BCUT2D eigenvalue weighted by Crippen LogP contribution is 2.46. The fourth-order valence-electron chi connectivity index (χ4n) is 5.09. The molecule has 2 saturated heterocycles. The van der Waals surface area contributed by atoms with Crippen molar-refractivity contribution in [2.45, 2.75) is 31.2 Å². The number of carboxylic acid groups (broad SMARTS) is 1. The molecule has 2 aliphatic carbocycles. The van der Waals surface area contributed by atoms with Gasteiger partial charge in [-0.25, -0.2) is 4.79 Å². The van der Waals surface area contributed by atoms with Gasteiger partial charge in [-0.1, -0.05) is 48.5 Å². The second-order valence-electron chi connectivity index (χ2n) is 7.81. The first kappa shape index (κ1) is 16.5. The molecule has 2 aromatic rings. The Morgan fingerprint density at radius 3 is 2.19 bits per heavy atom. The molecule has 4 aliphatic rings. The van der Waals surface area contributed by atoms with Crippen molar-refractivity contribution in [1.29, 1.82) is 0 Å². The van der Waals surface area contributed by atoms with E-state index >= 15 is 0 Å². The third-order valence-corrected chi connectivity index (χ3v) is 6.32. The van der Waals surface area contributed by atoms with Crippen molar-refractivity contribution in [2.75, 3.05) is 6.54 Å². The number of nitrogens with zero attached hydrogens (tertiary/aromatic N) is 1. The summed E-state index contributed by atoms with van der Waals surface area (Å²) < 4.78 is 0. The Labute approximate surface area is 157 Å². The summed E-state index contributed by atoms with van der Waals surface area (Å²) in [6, 6.07) is 15.6. The molecule has 0 amide bonds. The van der Waals surface area contributed by atoms with E-state index in [2.05, 4.69) is 0 Å². The molecule has 0 spiro atoms. The summed E-state index contributed by atoms with van der Waals surface area (Å²) in [7, 11) is 0. The Morgan fingerprint density at radius 1 is 0.963 bits per heavy atom. The van der Waals surface area contributed by atoms with Crippen LogP contribution in [0, 0.1) is 11.8 Å². The maximum Gasteiger partial charge on any atom is 0.336 e. The SMILES string of the molecule is O=C(ON1CC2CCC1C(C(=O)O)C2)C1c2ccccc2-c2ccccc21. The van der Waals surface area contributed by atoms with Gasteiger partial charge in [0.25, 0.3) is 0 Å². The third kappa shape index (κ3) is 2.57. The average molecular weight is 363 g/mol. The average Bonchev–Trinajstić information content (AvgIpc) is 3.03. The molecule has 2 heterocycles. The van der Waals surface area contributed by atoms with Crippen LogP contribution in [0.25, 0.3) is 11.1 Å². The molecule has 1 saturated carbocycles. The highest BCUT2D eigenvalue weighted by atomic mass is 16.7. The summed E-state index contributed by atoms with van der Waals surface area (Å²) in [6.45, 7) is 0.635. The third-order valence-electron chi connectivity index (χ3n) is 6.32. The summed E-state index contributed by atoms with van der Waals surface area (Å²) in [5.74, 6) is -1.73. The van der Waals surface area contributed by atoms with Crippen molar-refractivity contribution in [3.63, 3.8) is 0 Å². The topological polar surface area (TPSA) is 66.8 Å². The number of hydrogen-bond donors (Lipinski definition) is 1. The second kappa shape index (κ2) is 6.20. The first-order valence-corrected chi connectivity index (χ1v) is 9.53. The molecule has 5 nitrogen and oxygen atoms in total. The molecule has 6 rings (SSSR count). The molecule has 2 aliphatic heterocycles. The Bertz CT molecular complexity index is 879. The minimum Gasteiger partial charge on any atom is -0.481 e. The lowest BCUT2D eigenvalue weighted by Gasteiger charge is -2.46. The zero-order valence-electron chi connectivity index (χ0n) is 14.9. The monoisotopic (exact) mass is 363 g/mol. The fourth-order valence-corrected chi connectivity index (χ4v) is 5.09. The first-order chi connectivity index (χ1) is 13.1. The number of fused-ring (bicyclic) bond motifs is 6. The van der Waals surface area contributed by atoms with Crippen molar-refractivity contribution in [3.8, 4) is 11.1 Å². The fraction of sp³-hybridized carbons (Fsp3) is 0.364. The van der Waals surface area contributed by atoms with Gasteiger partial charge in [0.2, 0.25) is 0 Å². The molecule has 27 heavy (non-hydrogen) atoms. The summed E-state index contributed by atoms with van der Waals surface area (Å²) in [6.07, 6.45) is 2.47. The highest BCUT2D eigenvalue weighted by molar-refractivity contribution is 5.93. The van der Waals surface area contributed by atoms with Crippen LogP contribution in [0.5, 0.6) is 0 Å². The van der Waals surface area contributed by atoms with E-state index in [1.54, 1.807) is 5.06 Å². The minimum atomic E-state index is -0.790. The number of carboxylic acids is 1. The lowest BCUT2D eigenvalue weighted by molar-refractivity contribution is -0.235.